The first kappa shape index (κ1) is 15.1. The van der Waals surface area contributed by atoms with E-state index in [1.165, 1.54) is 18.4 Å². The monoisotopic (exact) mass is 287 g/mol. The second kappa shape index (κ2) is 6.92. The van der Waals surface area contributed by atoms with Crippen LogP contribution in [0.5, 0.6) is 0 Å². The van der Waals surface area contributed by atoms with Crippen molar-refractivity contribution in [3.8, 4) is 5.69 Å². The first-order chi connectivity index (χ1) is 10.2. The number of esters is 1. The molecule has 2 aromatic rings. The minimum Gasteiger partial charge on any atom is -0.461 e. The number of imidazole rings is 1. The van der Waals surface area contributed by atoms with Crippen molar-refractivity contribution in [2.24, 2.45) is 0 Å². The largest absolute Gasteiger partial charge is 0.461 e. The molecule has 0 radical (unpaired) electrons. The number of nitrogen functional groups attached to an aromatic ring is 1. The van der Waals surface area contributed by atoms with Crippen LogP contribution >= 0.6 is 0 Å². The summed E-state index contributed by atoms with van der Waals surface area (Å²) in [7, 11) is 0. The highest BCUT2D eigenvalue weighted by molar-refractivity contribution is 5.92. The molecule has 0 saturated carbocycles. The molecule has 5 nitrogen and oxygen atoms in total. The summed E-state index contributed by atoms with van der Waals surface area (Å²) in [5, 5.41) is 0. The number of ether oxygens (including phenoxy) is 1. The third-order valence-corrected chi connectivity index (χ3v) is 3.31. The van der Waals surface area contributed by atoms with Gasteiger partial charge in [0.25, 0.3) is 0 Å². The van der Waals surface area contributed by atoms with Crippen LogP contribution in [0.25, 0.3) is 5.69 Å². The topological polar surface area (TPSA) is 70.1 Å². The van der Waals surface area contributed by atoms with Crippen LogP contribution in [0.2, 0.25) is 0 Å². The zero-order valence-corrected chi connectivity index (χ0v) is 12.5. The first-order valence-electron chi connectivity index (χ1n) is 7.26. The number of hydrogen-bond acceptors (Lipinski definition) is 4. The number of carbonyl (C=O) groups excluding carboxylic acids is 1. The average molecular weight is 287 g/mol. The summed E-state index contributed by atoms with van der Waals surface area (Å²) >= 11 is 0. The van der Waals surface area contributed by atoms with Crippen LogP contribution in [-0.2, 0) is 11.2 Å². The molecule has 0 bridgehead atoms. The molecule has 0 unspecified atom stereocenters. The molecule has 1 aromatic heterocycles. The van der Waals surface area contributed by atoms with Crippen LogP contribution < -0.4 is 5.73 Å². The third-order valence-electron chi connectivity index (χ3n) is 3.31. The molecule has 0 aliphatic rings. The minimum atomic E-state index is -0.492. The van der Waals surface area contributed by atoms with Crippen LogP contribution in [0.15, 0.2) is 30.6 Å². The number of nitrogens with two attached hydrogens (primary N) is 1. The molecule has 112 valence electrons. The molecule has 0 saturated heterocycles. The maximum Gasteiger partial charge on any atom is 0.360 e. The maximum atomic E-state index is 11.7. The van der Waals surface area contributed by atoms with E-state index in [4.69, 9.17) is 10.5 Å². The van der Waals surface area contributed by atoms with Gasteiger partial charge in [-0.3, -0.25) is 4.57 Å². The summed E-state index contributed by atoms with van der Waals surface area (Å²) in [6.45, 7) is 4.23. The summed E-state index contributed by atoms with van der Waals surface area (Å²) in [5.74, 6) is -0.192. The highest BCUT2D eigenvalue weighted by Gasteiger charge is 2.17. The summed E-state index contributed by atoms with van der Waals surface area (Å²) in [6.07, 6.45) is 4.98. The molecule has 0 aliphatic heterocycles. The lowest BCUT2D eigenvalue weighted by Gasteiger charge is -2.07. The lowest BCUT2D eigenvalue weighted by Crippen LogP contribution is -2.09. The van der Waals surface area contributed by atoms with E-state index in [2.05, 4.69) is 24.0 Å². The molecular weight excluding hydrogens is 266 g/mol. The number of nitrogens with zero attached hydrogens (tertiary/aromatic N) is 2. The van der Waals surface area contributed by atoms with Crippen molar-refractivity contribution in [2.75, 3.05) is 12.3 Å². The Balaban J connectivity index is 2.20. The standard InChI is InChI=1S/C16H21N3O2/c1-3-5-6-12-7-9-13(10-8-12)19-11-18-14(15(19)17)16(20)21-4-2/h7-11H,3-6,17H2,1-2H3. The number of aromatic nitrogens is 2. The van der Waals surface area contributed by atoms with Crippen molar-refractivity contribution in [1.82, 2.24) is 9.55 Å². The van der Waals surface area contributed by atoms with E-state index in [9.17, 15) is 4.79 Å². The molecule has 0 atom stereocenters. The van der Waals surface area contributed by atoms with E-state index in [0.717, 1.165) is 12.1 Å². The van der Waals surface area contributed by atoms with Crippen molar-refractivity contribution in [1.29, 1.82) is 0 Å². The zero-order valence-electron chi connectivity index (χ0n) is 12.5. The molecule has 5 heteroatoms. The van der Waals surface area contributed by atoms with Gasteiger partial charge in [-0.15, -0.1) is 0 Å². The minimum absolute atomic E-state index is 0.159. The van der Waals surface area contributed by atoms with E-state index in [1.807, 2.05) is 12.1 Å². The summed E-state index contributed by atoms with van der Waals surface area (Å²) in [4.78, 5) is 15.8. The molecule has 2 N–H and O–H groups in total. The molecule has 0 spiro atoms. The summed E-state index contributed by atoms with van der Waals surface area (Å²) in [6, 6.07) is 8.12. The van der Waals surface area contributed by atoms with Crippen LogP contribution in [0.1, 0.15) is 42.7 Å². The number of rotatable bonds is 6. The molecule has 1 heterocycles. The Bertz CT molecular complexity index is 602. The molecule has 0 aliphatic carbocycles. The SMILES string of the molecule is CCCCc1ccc(-n2cnc(C(=O)OCC)c2N)cc1. The average Bonchev–Trinajstić information content (AvgIpc) is 2.88. The molecular formula is C16H21N3O2. The van der Waals surface area contributed by atoms with Gasteiger partial charge in [-0.25, -0.2) is 9.78 Å². The van der Waals surface area contributed by atoms with E-state index < -0.39 is 5.97 Å². The fraction of sp³-hybridized carbons (Fsp3) is 0.375. The number of anilines is 1. The van der Waals surface area contributed by atoms with Crippen molar-refractivity contribution in [3.63, 3.8) is 0 Å². The number of aryl methyl sites for hydroxylation is 1. The van der Waals surface area contributed by atoms with Crippen molar-refractivity contribution in [2.45, 2.75) is 33.1 Å². The van der Waals surface area contributed by atoms with Crippen molar-refractivity contribution >= 4 is 11.8 Å². The Morgan fingerprint density at radius 2 is 2.00 bits per heavy atom. The van der Waals surface area contributed by atoms with Gasteiger partial charge in [0.15, 0.2) is 5.69 Å². The predicted octanol–water partition coefficient (Wildman–Crippen LogP) is 2.97. The Kier molecular flexibility index (Phi) is 4.98. The van der Waals surface area contributed by atoms with Gasteiger partial charge in [-0.2, -0.15) is 0 Å². The van der Waals surface area contributed by atoms with Gasteiger partial charge in [0, 0.05) is 5.69 Å². The van der Waals surface area contributed by atoms with Gasteiger partial charge in [0.2, 0.25) is 0 Å². The van der Waals surface area contributed by atoms with E-state index >= 15 is 0 Å². The third kappa shape index (κ3) is 3.42. The van der Waals surface area contributed by atoms with Crippen molar-refractivity contribution < 1.29 is 9.53 Å². The second-order valence-corrected chi connectivity index (χ2v) is 4.84. The Hall–Kier alpha value is -2.30. The summed E-state index contributed by atoms with van der Waals surface area (Å²) < 4.78 is 6.62. The number of carbonyl (C=O) groups is 1. The highest BCUT2D eigenvalue weighted by Crippen LogP contribution is 2.19. The van der Waals surface area contributed by atoms with Gasteiger partial charge >= 0.3 is 5.97 Å². The number of unbranched alkanes of at least 4 members (excludes halogenated alkanes) is 1. The fourth-order valence-corrected chi connectivity index (χ4v) is 2.12. The lowest BCUT2D eigenvalue weighted by molar-refractivity contribution is 0.0521. The first-order valence-corrected chi connectivity index (χ1v) is 7.26. The van der Waals surface area contributed by atoms with Crippen LogP contribution in [0.3, 0.4) is 0 Å². The van der Waals surface area contributed by atoms with Gasteiger partial charge in [0.1, 0.15) is 12.1 Å². The number of hydrogen-bond donors (Lipinski definition) is 1. The molecule has 2 rings (SSSR count). The maximum absolute atomic E-state index is 11.7. The second-order valence-electron chi connectivity index (χ2n) is 4.84. The Morgan fingerprint density at radius 1 is 1.29 bits per heavy atom. The molecule has 1 aromatic carbocycles. The molecule has 0 fully saturated rings. The van der Waals surface area contributed by atoms with Crippen LogP contribution in [0.4, 0.5) is 5.82 Å². The normalized spacial score (nSPS) is 10.6. The van der Waals surface area contributed by atoms with Gasteiger partial charge in [-0.1, -0.05) is 25.5 Å². The summed E-state index contributed by atoms with van der Waals surface area (Å²) in [5.41, 5.74) is 8.32. The Morgan fingerprint density at radius 3 is 2.62 bits per heavy atom. The van der Waals surface area contributed by atoms with E-state index in [1.54, 1.807) is 17.8 Å². The van der Waals surface area contributed by atoms with E-state index in [0.29, 0.717) is 12.4 Å². The van der Waals surface area contributed by atoms with Crippen LogP contribution in [0, 0.1) is 0 Å². The van der Waals surface area contributed by atoms with E-state index in [-0.39, 0.29) is 5.69 Å². The smallest absolute Gasteiger partial charge is 0.360 e. The van der Waals surface area contributed by atoms with Crippen LogP contribution in [-0.4, -0.2) is 22.1 Å². The molecule has 21 heavy (non-hydrogen) atoms. The Labute approximate surface area is 124 Å². The van der Waals surface area contributed by atoms with Gasteiger partial charge in [0.05, 0.1) is 6.61 Å². The highest BCUT2D eigenvalue weighted by atomic mass is 16.5. The van der Waals surface area contributed by atoms with Gasteiger partial charge < -0.3 is 10.5 Å². The lowest BCUT2D eigenvalue weighted by atomic mass is 10.1. The molecule has 0 amide bonds. The zero-order chi connectivity index (χ0) is 15.2. The quantitative estimate of drug-likeness (QED) is 0.829. The van der Waals surface area contributed by atoms with Gasteiger partial charge in [-0.05, 0) is 37.5 Å². The van der Waals surface area contributed by atoms with Crippen molar-refractivity contribution in [3.05, 3.63) is 41.9 Å². The fourth-order valence-electron chi connectivity index (χ4n) is 2.12. The predicted molar refractivity (Wildman–Crippen MR) is 82.5 cm³/mol. The number of benzene rings is 1.